The van der Waals surface area contributed by atoms with Gasteiger partial charge in [-0.25, -0.2) is 0 Å². The highest BCUT2D eigenvalue weighted by molar-refractivity contribution is 5.82. The second-order valence-electron chi connectivity index (χ2n) is 4.88. The molecule has 0 spiro atoms. The maximum Gasteiger partial charge on any atom is 0.482 e. The van der Waals surface area contributed by atoms with Gasteiger partial charge >= 0.3 is 12.0 Å². The van der Waals surface area contributed by atoms with Crippen LogP contribution in [0.2, 0.25) is 0 Å². The van der Waals surface area contributed by atoms with Gasteiger partial charge < -0.3 is 15.4 Å². The molecule has 1 aliphatic heterocycles. The highest BCUT2D eigenvalue weighted by atomic mass is 19.3. The first kappa shape index (κ1) is 14.7. The molecule has 1 amide bonds. The predicted molar refractivity (Wildman–Crippen MR) is 70.8 cm³/mol. The molecule has 1 aromatic carbocycles. The fourth-order valence-electron chi connectivity index (χ4n) is 2.09. The summed E-state index contributed by atoms with van der Waals surface area (Å²) in [6, 6.07) is 6.14. The Morgan fingerprint density at radius 3 is 2.65 bits per heavy atom. The van der Waals surface area contributed by atoms with Crippen molar-refractivity contribution in [3.8, 4) is 5.75 Å². The number of hydrogen-bond donors (Lipinski definition) is 2. The van der Waals surface area contributed by atoms with Crippen LogP contribution in [0.25, 0.3) is 0 Å². The molecule has 1 heterocycles. The highest BCUT2D eigenvalue weighted by Gasteiger charge is 2.43. The molecule has 1 saturated heterocycles. The normalized spacial score (nSPS) is 16.8. The van der Waals surface area contributed by atoms with Crippen LogP contribution in [0.1, 0.15) is 18.4 Å². The Balaban J connectivity index is 1.98. The number of benzene rings is 1. The molecule has 1 aromatic rings. The Labute approximate surface area is 116 Å². The van der Waals surface area contributed by atoms with E-state index in [4.69, 9.17) is 0 Å². The molecule has 0 aliphatic carbocycles. The van der Waals surface area contributed by atoms with Gasteiger partial charge in [0.15, 0.2) is 0 Å². The van der Waals surface area contributed by atoms with Crippen LogP contribution in [0.5, 0.6) is 5.75 Å². The molecule has 0 radical (unpaired) electrons. The maximum absolute atomic E-state index is 13.8. The molecule has 2 rings (SSSR count). The number of ether oxygens (including phenoxy) is 1. The zero-order chi connectivity index (χ0) is 14.6. The lowest BCUT2D eigenvalue weighted by Crippen LogP contribution is -2.51. The van der Waals surface area contributed by atoms with E-state index in [0.29, 0.717) is 18.4 Å². The van der Waals surface area contributed by atoms with Crippen molar-refractivity contribution in [3.05, 3.63) is 29.8 Å². The minimum Gasteiger partial charge on any atom is -0.425 e. The van der Waals surface area contributed by atoms with E-state index in [0.717, 1.165) is 13.1 Å². The van der Waals surface area contributed by atoms with Gasteiger partial charge in [-0.2, -0.15) is 8.78 Å². The summed E-state index contributed by atoms with van der Waals surface area (Å²) < 4.78 is 32.2. The molecular weight excluding hydrogens is 266 g/mol. The Hall–Kier alpha value is -1.69. The topological polar surface area (TPSA) is 50.4 Å². The second kappa shape index (κ2) is 6.17. The fraction of sp³-hybridized carbons (Fsp3) is 0.500. The number of hydrogen-bond acceptors (Lipinski definition) is 3. The van der Waals surface area contributed by atoms with Gasteiger partial charge in [0.1, 0.15) is 5.75 Å². The van der Waals surface area contributed by atoms with Gasteiger partial charge in [0.2, 0.25) is 0 Å². The monoisotopic (exact) mass is 284 g/mol. The maximum atomic E-state index is 13.8. The summed E-state index contributed by atoms with van der Waals surface area (Å²) in [4.78, 5) is 11.6. The van der Waals surface area contributed by atoms with E-state index in [1.807, 2.05) is 0 Å². The molecule has 0 saturated carbocycles. The molecular formula is C14H18F2N2O2. The fourth-order valence-corrected chi connectivity index (χ4v) is 2.09. The average Bonchev–Trinajstić information content (AvgIpc) is 2.42. The molecule has 0 bridgehead atoms. The van der Waals surface area contributed by atoms with E-state index in [9.17, 15) is 13.6 Å². The number of nitrogens with one attached hydrogen (secondary N) is 2. The molecule has 2 N–H and O–H groups in total. The molecule has 20 heavy (non-hydrogen) atoms. The SMILES string of the molecule is Cc1ccccc1OC(F)(F)C(=O)NC1CCNCC1. The molecule has 6 heteroatoms. The summed E-state index contributed by atoms with van der Waals surface area (Å²) in [5.74, 6) is -1.37. The van der Waals surface area contributed by atoms with Gasteiger partial charge in [-0.05, 0) is 44.5 Å². The zero-order valence-corrected chi connectivity index (χ0v) is 11.3. The lowest BCUT2D eigenvalue weighted by Gasteiger charge is -2.26. The van der Waals surface area contributed by atoms with Crippen molar-refractivity contribution >= 4 is 5.91 Å². The number of carbonyl (C=O) groups is 1. The summed E-state index contributed by atoms with van der Waals surface area (Å²) >= 11 is 0. The van der Waals surface area contributed by atoms with Crippen molar-refractivity contribution in [2.24, 2.45) is 0 Å². The van der Waals surface area contributed by atoms with Gasteiger partial charge in [0, 0.05) is 6.04 Å². The number of amides is 1. The quantitative estimate of drug-likeness (QED) is 0.887. The number of piperidine rings is 1. The van der Waals surface area contributed by atoms with E-state index < -0.39 is 12.0 Å². The summed E-state index contributed by atoms with van der Waals surface area (Å²) in [6.45, 7) is 3.08. The predicted octanol–water partition coefficient (Wildman–Crippen LogP) is 1.83. The minimum absolute atomic E-state index is 0.0120. The van der Waals surface area contributed by atoms with Crippen LogP contribution in [-0.2, 0) is 4.79 Å². The third-order valence-corrected chi connectivity index (χ3v) is 3.27. The van der Waals surface area contributed by atoms with Crippen molar-refractivity contribution < 1.29 is 18.3 Å². The van der Waals surface area contributed by atoms with E-state index in [1.165, 1.54) is 6.07 Å². The average molecular weight is 284 g/mol. The number of para-hydroxylation sites is 1. The highest BCUT2D eigenvalue weighted by Crippen LogP contribution is 2.25. The van der Waals surface area contributed by atoms with Crippen LogP contribution in [-0.4, -0.2) is 31.1 Å². The van der Waals surface area contributed by atoms with Gasteiger partial charge in [0.25, 0.3) is 0 Å². The largest absolute Gasteiger partial charge is 0.482 e. The first-order valence-corrected chi connectivity index (χ1v) is 6.63. The first-order chi connectivity index (χ1) is 9.49. The standard InChI is InChI=1S/C14H18F2N2O2/c1-10-4-2-3-5-12(10)20-14(15,16)13(19)18-11-6-8-17-9-7-11/h2-5,11,17H,6-9H2,1H3,(H,18,19). The molecule has 0 unspecified atom stereocenters. The molecule has 110 valence electrons. The van der Waals surface area contributed by atoms with Crippen LogP contribution >= 0.6 is 0 Å². The van der Waals surface area contributed by atoms with Crippen molar-refractivity contribution in [3.63, 3.8) is 0 Å². The van der Waals surface area contributed by atoms with E-state index in [1.54, 1.807) is 25.1 Å². The Morgan fingerprint density at radius 2 is 2.00 bits per heavy atom. The van der Waals surface area contributed by atoms with Crippen molar-refractivity contribution in [1.82, 2.24) is 10.6 Å². The minimum atomic E-state index is -3.86. The number of halogens is 2. The van der Waals surface area contributed by atoms with Gasteiger partial charge in [0.05, 0.1) is 0 Å². The van der Waals surface area contributed by atoms with Crippen LogP contribution < -0.4 is 15.4 Å². The number of alkyl halides is 2. The second-order valence-corrected chi connectivity index (χ2v) is 4.88. The lowest BCUT2D eigenvalue weighted by atomic mass is 10.1. The lowest BCUT2D eigenvalue weighted by molar-refractivity contribution is -0.193. The van der Waals surface area contributed by atoms with Crippen molar-refractivity contribution in [1.29, 1.82) is 0 Å². The smallest absolute Gasteiger partial charge is 0.425 e. The third kappa shape index (κ3) is 3.66. The van der Waals surface area contributed by atoms with E-state index in [-0.39, 0.29) is 11.8 Å². The molecule has 1 fully saturated rings. The van der Waals surface area contributed by atoms with Crippen LogP contribution in [0.15, 0.2) is 24.3 Å². The van der Waals surface area contributed by atoms with E-state index in [2.05, 4.69) is 15.4 Å². The Bertz CT molecular complexity index is 474. The summed E-state index contributed by atoms with van der Waals surface area (Å²) in [5, 5.41) is 5.45. The molecule has 0 aromatic heterocycles. The van der Waals surface area contributed by atoms with Gasteiger partial charge in [-0.15, -0.1) is 0 Å². The first-order valence-electron chi connectivity index (χ1n) is 6.63. The third-order valence-electron chi connectivity index (χ3n) is 3.27. The molecule has 1 aliphatic rings. The van der Waals surface area contributed by atoms with Gasteiger partial charge in [-0.1, -0.05) is 18.2 Å². The molecule has 0 atom stereocenters. The van der Waals surface area contributed by atoms with Crippen LogP contribution in [0.3, 0.4) is 0 Å². The Kier molecular flexibility index (Phi) is 4.54. The van der Waals surface area contributed by atoms with Crippen LogP contribution in [0, 0.1) is 6.92 Å². The van der Waals surface area contributed by atoms with Crippen molar-refractivity contribution in [2.45, 2.75) is 31.9 Å². The number of aryl methyl sites for hydroxylation is 1. The summed E-state index contributed by atoms with van der Waals surface area (Å²) in [5.41, 5.74) is 0.557. The number of rotatable bonds is 4. The Morgan fingerprint density at radius 1 is 1.35 bits per heavy atom. The summed E-state index contributed by atoms with van der Waals surface area (Å²) in [7, 11) is 0. The van der Waals surface area contributed by atoms with Crippen molar-refractivity contribution in [2.75, 3.05) is 13.1 Å². The van der Waals surface area contributed by atoms with Crippen LogP contribution in [0.4, 0.5) is 8.78 Å². The van der Waals surface area contributed by atoms with Gasteiger partial charge in [-0.3, -0.25) is 4.79 Å². The zero-order valence-electron chi connectivity index (χ0n) is 11.3. The number of carbonyl (C=O) groups excluding carboxylic acids is 1. The summed E-state index contributed by atoms with van der Waals surface area (Å²) in [6.07, 6.45) is -2.57. The van der Waals surface area contributed by atoms with E-state index >= 15 is 0 Å². The molecule has 4 nitrogen and oxygen atoms in total.